The lowest BCUT2D eigenvalue weighted by Gasteiger charge is -2.34. The maximum atomic E-state index is 14.8. The van der Waals surface area contributed by atoms with E-state index in [-0.39, 0.29) is 19.1 Å². The van der Waals surface area contributed by atoms with E-state index in [2.05, 4.69) is 32.6 Å². The largest absolute Gasteiger partial charge is 0.445 e. The van der Waals surface area contributed by atoms with Crippen molar-refractivity contribution in [2.24, 2.45) is 5.92 Å². The second kappa shape index (κ2) is 8.49. The number of alkyl halides is 1. The number of rotatable bonds is 6. The summed E-state index contributed by atoms with van der Waals surface area (Å²) in [5.74, 6) is 1.06. The van der Waals surface area contributed by atoms with Gasteiger partial charge in [-0.15, -0.1) is 10.2 Å². The predicted octanol–water partition coefficient (Wildman–Crippen LogP) is 3.41. The number of nitrogens with zero attached hydrogens (tertiary/aromatic N) is 5. The van der Waals surface area contributed by atoms with Crippen LogP contribution in [0.4, 0.5) is 15.0 Å². The Balaban J connectivity index is 1.10. The highest BCUT2D eigenvalue weighted by atomic mass is 19.1. The van der Waals surface area contributed by atoms with Gasteiger partial charge >= 0.3 is 6.09 Å². The van der Waals surface area contributed by atoms with E-state index in [1.807, 2.05) is 12.1 Å². The van der Waals surface area contributed by atoms with Gasteiger partial charge in [-0.25, -0.2) is 14.2 Å². The number of carbonyl (C=O) groups is 1. The third kappa shape index (κ3) is 4.45. The van der Waals surface area contributed by atoms with Crippen molar-refractivity contribution in [3.63, 3.8) is 0 Å². The van der Waals surface area contributed by atoms with E-state index in [1.54, 1.807) is 23.1 Å². The summed E-state index contributed by atoms with van der Waals surface area (Å²) >= 11 is 0. The zero-order valence-electron chi connectivity index (χ0n) is 17.2. The fraction of sp³-hybridized carbons (Fsp3) is 0.455. The molecule has 5 rings (SSSR count). The molecule has 1 saturated heterocycles. The van der Waals surface area contributed by atoms with Gasteiger partial charge in [0.25, 0.3) is 0 Å². The lowest BCUT2D eigenvalue weighted by atomic mass is 9.95. The van der Waals surface area contributed by atoms with Gasteiger partial charge in [-0.3, -0.25) is 4.40 Å². The van der Waals surface area contributed by atoms with E-state index in [0.717, 1.165) is 5.56 Å². The molecule has 0 radical (unpaired) electrons. The van der Waals surface area contributed by atoms with Crippen LogP contribution in [0.3, 0.4) is 0 Å². The highest BCUT2D eigenvalue weighted by Gasteiger charge is 2.32. The average Bonchev–Trinajstić information content (AvgIpc) is 3.53. The molecule has 2 atom stereocenters. The highest BCUT2D eigenvalue weighted by Crippen LogP contribution is 2.39. The Morgan fingerprint density at radius 2 is 2.06 bits per heavy atom. The minimum Gasteiger partial charge on any atom is -0.445 e. The number of aromatic nitrogens is 4. The Morgan fingerprint density at radius 1 is 1.23 bits per heavy atom. The van der Waals surface area contributed by atoms with Gasteiger partial charge in [0.2, 0.25) is 5.65 Å². The van der Waals surface area contributed by atoms with Gasteiger partial charge < -0.3 is 15.0 Å². The van der Waals surface area contributed by atoms with Crippen LogP contribution in [0.1, 0.15) is 36.3 Å². The monoisotopic (exact) mass is 424 g/mol. The van der Waals surface area contributed by atoms with Crippen molar-refractivity contribution in [2.75, 3.05) is 25.0 Å². The number of fused-ring (bicyclic) bond motifs is 1. The Hall–Kier alpha value is -3.23. The van der Waals surface area contributed by atoms with E-state index in [4.69, 9.17) is 4.74 Å². The van der Waals surface area contributed by atoms with Gasteiger partial charge in [0.05, 0.1) is 6.54 Å². The van der Waals surface area contributed by atoms with Crippen LogP contribution in [0.2, 0.25) is 0 Å². The Kier molecular flexibility index (Phi) is 5.40. The molecule has 2 aromatic heterocycles. The molecule has 1 aliphatic carbocycles. The normalized spacial score (nSPS) is 21.3. The van der Waals surface area contributed by atoms with E-state index < -0.39 is 12.3 Å². The number of ether oxygens (including phenoxy) is 1. The van der Waals surface area contributed by atoms with Crippen LogP contribution in [0.25, 0.3) is 5.65 Å². The zero-order valence-corrected chi connectivity index (χ0v) is 17.2. The summed E-state index contributed by atoms with van der Waals surface area (Å²) in [7, 11) is 0. The van der Waals surface area contributed by atoms with Crippen LogP contribution in [0, 0.1) is 5.92 Å². The third-order valence-corrected chi connectivity index (χ3v) is 6.07. The second-order valence-electron chi connectivity index (χ2n) is 8.30. The maximum Gasteiger partial charge on any atom is 0.410 e. The number of benzene rings is 1. The molecule has 1 amide bonds. The number of hydrogen-bond donors (Lipinski definition) is 1. The lowest BCUT2D eigenvalue weighted by Crippen LogP contribution is -2.46. The van der Waals surface area contributed by atoms with E-state index >= 15 is 0 Å². The highest BCUT2D eigenvalue weighted by molar-refractivity contribution is 5.68. The maximum absolute atomic E-state index is 14.8. The summed E-state index contributed by atoms with van der Waals surface area (Å²) in [5.41, 5.74) is 2.90. The Morgan fingerprint density at radius 3 is 2.84 bits per heavy atom. The fourth-order valence-corrected chi connectivity index (χ4v) is 4.00. The minimum atomic E-state index is -1.13. The second-order valence-corrected chi connectivity index (χ2v) is 8.30. The van der Waals surface area contributed by atoms with E-state index in [0.29, 0.717) is 36.9 Å². The third-order valence-electron chi connectivity index (χ3n) is 6.07. The van der Waals surface area contributed by atoms with Crippen LogP contribution in [-0.2, 0) is 11.3 Å². The molecular weight excluding hydrogens is 399 g/mol. The molecule has 162 valence electrons. The summed E-state index contributed by atoms with van der Waals surface area (Å²) < 4.78 is 21.9. The Labute approximate surface area is 179 Å². The number of amides is 1. The van der Waals surface area contributed by atoms with Crippen molar-refractivity contribution < 1.29 is 13.9 Å². The zero-order chi connectivity index (χ0) is 21.2. The smallest absolute Gasteiger partial charge is 0.410 e. The molecule has 0 spiro atoms. The molecular formula is C22H25FN6O2. The topological polar surface area (TPSA) is 84.7 Å². The summed E-state index contributed by atoms with van der Waals surface area (Å²) in [6, 6.07) is 8.21. The van der Waals surface area contributed by atoms with Gasteiger partial charge in [-0.2, -0.15) is 0 Å². The number of nitrogens with one attached hydrogen (secondary N) is 1. The minimum absolute atomic E-state index is 0.0361. The molecule has 3 heterocycles. The summed E-state index contributed by atoms with van der Waals surface area (Å²) in [6.45, 7) is 1.12. The summed E-state index contributed by atoms with van der Waals surface area (Å²) in [5, 5.41) is 11.1. The van der Waals surface area contributed by atoms with Gasteiger partial charge in [0, 0.05) is 31.4 Å². The van der Waals surface area contributed by atoms with Crippen LogP contribution < -0.4 is 5.32 Å². The van der Waals surface area contributed by atoms with Crippen molar-refractivity contribution >= 4 is 17.6 Å². The van der Waals surface area contributed by atoms with Gasteiger partial charge in [0.15, 0.2) is 5.82 Å². The van der Waals surface area contributed by atoms with Crippen molar-refractivity contribution in [3.05, 3.63) is 54.1 Å². The average molecular weight is 424 g/mol. The number of likely N-dealkylation sites (tertiary alicyclic amines) is 1. The molecule has 31 heavy (non-hydrogen) atoms. The number of anilines is 1. The van der Waals surface area contributed by atoms with Crippen molar-refractivity contribution in [2.45, 2.75) is 38.0 Å². The fourth-order valence-electron chi connectivity index (χ4n) is 4.00. The number of piperidine rings is 1. The molecule has 8 nitrogen and oxygen atoms in total. The van der Waals surface area contributed by atoms with Crippen LogP contribution in [-0.4, -0.2) is 56.4 Å². The van der Waals surface area contributed by atoms with Crippen molar-refractivity contribution in [1.29, 1.82) is 0 Å². The van der Waals surface area contributed by atoms with Crippen LogP contribution >= 0.6 is 0 Å². The molecule has 2 aliphatic rings. The molecule has 0 bridgehead atoms. The quantitative estimate of drug-likeness (QED) is 0.653. The molecule has 1 N–H and O–H groups in total. The predicted molar refractivity (Wildman–Crippen MR) is 112 cm³/mol. The molecule has 1 aromatic carbocycles. The van der Waals surface area contributed by atoms with Gasteiger partial charge in [0.1, 0.15) is 19.1 Å². The van der Waals surface area contributed by atoms with Crippen LogP contribution in [0.15, 0.2) is 43.0 Å². The number of halogens is 1. The first-order valence-corrected chi connectivity index (χ1v) is 10.7. The SMILES string of the molecule is O=C(OCc1ccc(C2CC2)cc1)N1CCC(CNc2nccn3cnnc23)C(F)C1. The van der Waals surface area contributed by atoms with Crippen molar-refractivity contribution in [1.82, 2.24) is 24.5 Å². The first-order valence-electron chi connectivity index (χ1n) is 10.7. The van der Waals surface area contributed by atoms with E-state index in [1.165, 1.54) is 23.3 Å². The lowest BCUT2D eigenvalue weighted by molar-refractivity contribution is 0.0544. The molecule has 1 aliphatic heterocycles. The standard InChI is InChI=1S/C22H25FN6O2/c23-19-12-28(22(30)31-13-15-1-3-16(4-2-15)17-5-6-17)9-7-18(19)11-25-20-21-27-26-14-29(21)10-8-24-20/h1-4,8,10,14,17-19H,5-7,9,11-13H2,(H,24,25). The van der Waals surface area contributed by atoms with E-state index in [9.17, 15) is 9.18 Å². The Bertz CT molecular complexity index is 1050. The first-order chi connectivity index (χ1) is 15.2. The van der Waals surface area contributed by atoms with Crippen LogP contribution in [0.5, 0.6) is 0 Å². The molecule has 2 unspecified atom stereocenters. The summed E-state index contributed by atoms with van der Waals surface area (Å²) in [4.78, 5) is 18.1. The first kappa shape index (κ1) is 19.7. The molecule has 1 saturated carbocycles. The van der Waals surface area contributed by atoms with Gasteiger partial charge in [-0.05, 0) is 36.3 Å². The molecule has 9 heteroatoms. The molecule has 3 aromatic rings. The van der Waals surface area contributed by atoms with Crippen molar-refractivity contribution in [3.8, 4) is 0 Å². The van der Waals surface area contributed by atoms with Gasteiger partial charge in [-0.1, -0.05) is 24.3 Å². The summed E-state index contributed by atoms with van der Waals surface area (Å²) in [6.07, 6.45) is 6.46. The number of hydrogen-bond acceptors (Lipinski definition) is 6. The number of carbonyl (C=O) groups excluding carboxylic acids is 1. The molecule has 2 fully saturated rings.